The van der Waals surface area contributed by atoms with Gasteiger partial charge in [-0.25, -0.2) is 9.97 Å². The zero-order chi connectivity index (χ0) is 33.9. The van der Waals surface area contributed by atoms with Crippen molar-refractivity contribution in [3.8, 4) is 56.2 Å². The van der Waals surface area contributed by atoms with E-state index in [2.05, 4.69) is 164 Å². The van der Waals surface area contributed by atoms with Gasteiger partial charge in [-0.05, 0) is 92.2 Å². The summed E-state index contributed by atoms with van der Waals surface area (Å²) < 4.78 is 0. The average Bonchev–Trinajstić information content (AvgIpc) is 3.19. The minimum Gasteiger partial charge on any atom is -0.404 e. The SMILES string of the molecule is C/C=C\C(=C/N)c1cccc(-c2cccc(-c3cc(-c4ccc5ccccc5c4)nc(-c4ccc(-c5ccc6ccccc6c5)cc4)n3)c2)c1. The number of fused-ring (bicyclic) bond motifs is 2. The molecule has 0 fully saturated rings. The second-order valence-corrected chi connectivity index (χ2v) is 12.4. The molecule has 3 heteroatoms. The Balaban J connectivity index is 1.22. The first-order valence-corrected chi connectivity index (χ1v) is 16.9. The van der Waals surface area contributed by atoms with Gasteiger partial charge < -0.3 is 5.73 Å². The summed E-state index contributed by atoms with van der Waals surface area (Å²) in [6.07, 6.45) is 5.68. The summed E-state index contributed by atoms with van der Waals surface area (Å²) in [7, 11) is 0. The topological polar surface area (TPSA) is 51.8 Å². The molecule has 0 atom stereocenters. The van der Waals surface area contributed by atoms with Gasteiger partial charge in [0.05, 0.1) is 11.4 Å². The average molecular weight is 642 g/mol. The molecule has 50 heavy (non-hydrogen) atoms. The maximum absolute atomic E-state index is 5.96. The van der Waals surface area contributed by atoms with Crippen LogP contribution >= 0.6 is 0 Å². The largest absolute Gasteiger partial charge is 0.404 e. The van der Waals surface area contributed by atoms with Crippen LogP contribution in [0.25, 0.3) is 83.3 Å². The van der Waals surface area contributed by atoms with Crippen LogP contribution in [0.4, 0.5) is 0 Å². The Labute approximate surface area is 292 Å². The molecule has 0 bridgehead atoms. The first-order valence-electron chi connectivity index (χ1n) is 16.9. The fourth-order valence-electron chi connectivity index (χ4n) is 6.57. The van der Waals surface area contributed by atoms with Crippen LogP contribution in [0.5, 0.6) is 0 Å². The maximum Gasteiger partial charge on any atom is 0.160 e. The zero-order valence-corrected chi connectivity index (χ0v) is 27.8. The van der Waals surface area contributed by atoms with Crippen LogP contribution in [0, 0.1) is 0 Å². The van der Waals surface area contributed by atoms with E-state index in [-0.39, 0.29) is 0 Å². The Morgan fingerprint density at radius 3 is 1.60 bits per heavy atom. The van der Waals surface area contributed by atoms with Gasteiger partial charge in [-0.3, -0.25) is 0 Å². The molecule has 7 aromatic carbocycles. The molecule has 0 aliphatic rings. The first kappa shape index (κ1) is 30.7. The molecule has 8 aromatic rings. The van der Waals surface area contributed by atoms with Gasteiger partial charge in [-0.15, -0.1) is 0 Å². The highest BCUT2D eigenvalue weighted by molar-refractivity contribution is 5.89. The minimum atomic E-state index is 0.687. The van der Waals surface area contributed by atoms with Crippen LogP contribution in [-0.2, 0) is 0 Å². The maximum atomic E-state index is 5.96. The van der Waals surface area contributed by atoms with Crippen molar-refractivity contribution in [3.05, 3.63) is 188 Å². The van der Waals surface area contributed by atoms with Crippen molar-refractivity contribution in [1.29, 1.82) is 0 Å². The lowest BCUT2D eigenvalue weighted by Crippen LogP contribution is -1.96. The summed E-state index contributed by atoms with van der Waals surface area (Å²) in [6.45, 7) is 2.00. The van der Waals surface area contributed by atoms with Crippen LogP contribution in [0.2, 0.25) is 0 Å². The molecule has 1 aromatic heterocycles. The van der Waals surface area contributed by atoms with Crippen molar-refractivity contribution < 1.29 is 0 Å². The van der Waals surface area contributed by atoms with Crippen molar-refractivity contribution >= 4 is 27.1 Å². The van der Waals surface area contributed by atoms with E-state index in [0.29, 0.717) is 5.82 Å². The molecular formula is C47H35N3. The van der Waals surface area contributed by atoms with Gasteiger partial charge in [0.1, 0.15) is 0 Å². The second kappa shape index (κ2) is 13.5. The van der Waals surface area contributed by atoms with Gasteiger partial charge in [0, 0.05) is 22.9 Å². The van der Waals surface area contributed by atoms with Crippen molar-refractivity contribution in [2.24, 2.45) is 5.73 Å². The molecule has 0 saturated heterocycles. The Morgan fingerprint density at radius 2 is 0.940 bits per heavy atom. The van der Waals surface area contributed by atoms with E-state index in [4.69, 9.17) is 15.7 Å². The molecule has 8 rings (SSSR count). The molecule has 0 spiro atoms. The molecule has 0 aliphatic carbocycles. The zero-order valence-electron chi connectivity index (χ0n) is 27.8. The third kappa shape index (κ3) is 6.21. The van der Waals surface area contributed by atoms with E-state index >= 15 is 0 Å². The van der Waals surface area contributed by atoms with Gasteiger partial charge >= 0.3 is 0 Å². The Kier molecular flexibility index (Phi) is 8.30. The van der Waals surface area contributed by atoms with E-state index in [9.17, 15) is 0 Å². The lowest BCUT2D eigenvalue weighted by Gasteiger charge is -2.12. The Bertz CT molecular complexity index is 2560. The molecule has 0 unspecified atom stereocenters. The smallest absolute Gasteiger partial charge is 0.160 e. The summed E-state index contributed by atoms with van der Waals surface area (Å²) in [5, 5.41) is 4.85. The van der Waals surface area contributed by atoms with Gasteiger partial charge in [0.25, 0.3) is 0 Å². The van der Waals surface area contributed by atoms with E-state index in [1.54, 1.807) is 6.20 Å². The summed E-state index contributed by atoms with van der Waals surface area (Å²) in [4.78, 5) is 10.3. The molecule has 0 saturated carbocycles. The number of rotatable bonds is 7. The molecule has 0 amide bonds. The standard InChI is InChI=1S/C47H35N3/c1-2-9-44(31-48)40-16-7-14-38(27-40)39-15-8-17-42(29-39)45-30-46(43-25-21-33-11-4-6-13-37(33)28-43)50-47(49-45)35-22-18-34(19-23-35)41-24-20-32-10-3-5-12-36(32)26-41/h2-31H,48H2,1H3/b9-2-,44-31+. The predicted octanol–water partition coefficient (Wildman–Crippen LogP) is 12.0. The van der Waals surface area contributed by atoms with Gasteiger partial charge in [-0.2, -0.15) is 0 Å². The van der Waals surface area contributed by atoms with Gasteiger partial charge in [-0.1, -0.05) is 146 Å². The van der Waals surface area contributed by atoms with E-state index < -0.39 is 0 Å². The highest BCUT2D eigenvalue weighted by Crippen LogP contribution is 2.33. The molecular weight excluding hydrogens is 607 g/mol. The fourth-order valence-corrected chi connectivity index (χ4v) is 6.57. The number of hydrogen-bond donors (Lipinski definition) is 1. The molecule has 3 nitrogen and oxygen atoms in total. The van der Waals surface area contributed by atoms with Crippen molar-refractivity contribution in [3.63, 3.8) is 0 Å². The van der Waals surface area contributed by atoms with Crippen LogP contribution in [0.1, 0.15) is 12.5 Å². The van der Waals surface area contributed by atoms with Crippen LogP contribution in [-0.4, -0.2) is 9.97 Å². The van der Waals surface area contributed by atoms with Gasteiger partial charge in [0.15, 0.2) is 5.82 Å². The highest BCUT2D eigenvalue weighted by Gasteiger charge is 2.13. The van der Waals surface area contributed by atoms with E-state index in [1.165, 1.54) is 27.1 Å². The van der Waals surface area contributed by atoms with Crippen molar-refractivity contribution in [2.75, 3.05) is 0 Å². The van der Waals surface area contributed by atoms with E-state index in [1.807, 2.05) is 19.1 Å². The molecule has 2 N–H and O–H groups in total. The summed E-state index contributed by atoms with van der Waals surface area (Å²) in [5.41, 5.74) is 17.4. The third-order valence-corrected chi connectivity index (χ3v) is 9.21. The molecule has 1 heterocycles. The van der Waals surface area contributed by atoms with Crippen molar-refractivity contribution in [2.45, 2.75) is 6.92 Å². The number of benzene rings is 7. The summed E-state index contributed by atoms with van der Waals surface area (Å²) in [5.74, 6) is 0.687. The second-order valence-electron chi connectivity index (χ2n) is 12.4. The van der Waals surface area contributed by atoms with E-state index in [0.717, 1.165) is 55.9 Å². The van der Waals surface area contributed by atoms with Gasteiger partial charge in [0.2, 0.25) is 0 Å². The minimum absolute atomic E-state index is 0.687. The number of nitrogens with two attached hydrogens (primary N) is 1. The monoisotopic (exact) mass is 641 g/mol. The fraction of sp³-hybridized carbons (Fsp3) is 0.0213. The van der Waals surface area contributed by atoms with Crippen LogP contribution < -0.4 is 5.73 Å². The number of nitrogens with zero attached hydrogens (tertiary/aromatic N) is 2. The molecule has 238 valence electrons. The highest BCUT2D eigenvalue weighted by atomic mass is 14.9. The lowest BCUT2D eigenvalue weighted by molar-refractivity contribution is 1.18. The molecule has 0 aliphatic heterocycles. The van der Waals surface area contributed by atoms with Crippen molar-refractivity contribution in [1.82, 2.24) is 9.97 Å². The summed E-state index contributed by atoms with van der Waals surface area (Å²) >= 11 is 0. The normalized spacial score (nSPS) is 11.8. The number of aromatic nitrogens is 2. The summed E-state index contributed by atoms with van der Waals surface area (Å²) in [6, 6.07) is 57.8. The Morgan fingerprint density at radius 1 is 0.440 bits per heavy atom. The first-order chi connectivity index (χ1) is 24.6. The lowest BCUT2D eigenvalue weighted by atomic mass is 9.97. The molecule has 0 radical (unpaired) electrons. The third-order valence-electron chi connectivity index (χ3n) is 9.21. The quantitative estimate of drug-likeness (QED) is 0.176. The number of hydrogen-bond acceptors (Lipinski definition) is 3. The number of allylic oxidation sites excluding steroid dienone is 3. The predicted molar refractivity (Wildman–Crippen MR) is 211 cm³/mol. The van der Waals surface area contributed by atoms with Crippen LogP contribution in [0.3, 0.4) is 0 Å². The Hall–Kier alpha value is -6.58. The van der Waals surface area contributed by atoms with Crippen LogP contribution in [0.15, 0.2) is 182 Å².